The van der Waals surface area contributed by atoms with Gasteiger partial charge in [0.05, 0.1) is 24.8 Å². The van der Waals surface area contributed by atoms with Crippen molar-refractivity contribution in [3.05, 3.63) is 36.0 Å². The van der Waals surface area contributed by atoms with Gasteiger partial charge in [0.25, 0.3) is 11.7 Å². The van der Waals surface area contributed by atoms with Gasteiger partial charge in [-0.25, -0.2) is 5.32 Å². The van der Waals surface area contributed by atoms with Crippen molar-refractivity contribution in [2.24, 2.45) is 11.3 Å². The van der Waals surface area contributed by atoms with Gasteiger partial charge >= 0.3 is 5.95 Å². The zero-order valence-electron chi connectivity index (χ0n) is 21.4. The Morgan fingerprint density at radius 1 is 1.29 bits per heavy atom. The van der Waals surface area contributed by atoms with E-state index in [-0.39, 0.29) is 30.5 Å². The zero-order chi connectivity index (χ0) is 25.4. The number of nitrogens with one attached hydrogen (secondary N) is 2. The highest BCUT2D eigenvalue weighted by Gasteiger charge is 2.52. The number of quaternary nitrogens is 2. The molecule has 1 saturated carbocycles. The highest BCUT2D eigenvalue weighted by atomic mass is 16.3. The molecule has 2 heterocycles. The van der Waals surface area contributed by atoms with E-state index in [2.05, 4.69) is 24.1 Å². The van der Waals surface area contributed by atoms with Crippen LogP contribution in [0.25, 0.3) is 0 Å². The molecule has 2 aliphatic rings. The molecule has 0 saturated heterocycles. The van der Waals surface area contributed by atoms with Gasteiger partial charge in [0, 0.05) is 43.6 Å². The van der Waals surface area contributed by atoms with Crippen LogP contribution < -0.4 is 20.4 Å². The number of benzene rings is 1. The van der Waals surface area contributed by atoms with Gasteiger partial charge < -0.3 is 15.3 Å². The number of carbonyl (C=O) groups excluding carboxylic acids is 2. The Balaban J connectivity index is 1.67. The third kappa shape index (κ3) is 4.80. The Bertz CT molecular complexity index is 1100. The van der Waals surface area contributed by atoms with Gasteiger partial charge in [-0.05, 0) is 45.7 Å². The molecule has 35 heavy (non-hydrogen) atoms. The predicted octanol–water partition coefficient (Wildman–Crippen LogP) is 0.823. The van der Waals surface area contributed by atoms with E-state index in [1.807, 2.05) is 38.3 Å². The van der Waals surface area contributed by atoms with Crippen LogP contribution in [0.2, 0.25) is 0 Å². The smallest absolute Gasteiger partial charge is 0.335 e. The fourth-order valence-electron chi connectivity index (χ4n) is 5.50. The molecule has 3 atom stereocenters. The van der Waals surface area contributed by atoms with Crippen LogP contribution in [0.1, 0.15) is 57.3 Å². The van der Waals surface area contributed by atoms with E-state index < -0.39 is 5.41 Å². The van der Waals surface area contributed by atoms with Gasteiger partial charge in [0.15, 0.2) is 0 Å². The van der Waals surface area contributed by atoms with Gasteiger partial charge in [-0.1, -0.05) is 6.92 Å². The van der Waals surface area contributed by atoms with Crippen LogP contribution >= 0.6 is 0 Å². The second kappa shape index (κ2) is 9.64. The lowest BCUT2D eigenvalue weighted by Gasteiger charge is -2.39. The first-order chi connectivity index (χ1) is 16.6. The van der Waals surface area contributed by atoms with E-state index in [1.54, 1.807) is 23.2 Å². The quantitative estimate of drug-likeness (QED) is 0.455. The number of carbonyl (C=O) groups is 2. The fourth-order valence-corrected chi connectivity index (χ4v) is 5.50. The van der Waals surface area contributed by atoms with E-state index >= 15 is 0 Å². The van der Waals surface area contributed by atoms with Crippen LogP contribution in [0.15, 0.2) is 30.5 Å². The number of nitrogens with zero attached hydrogens (tertiary/aromatic N) is 3. The maximum Gasteiger partial charge on any atom is 0.335 e. The summed E-state index contributed by atoms with van der Waals surface area (Å²) in [5.41, 5.74) is 1.64. The normalized spacial score (nSPS) is 25.8. The van der Waals surface area contributed by atoms with Crippen molar-refractivity contribution in [1.29, 1.82) is 0 Å². The SMILES string of the molecule is CC1CCCC1(C)[NH+]1CC(C)(C)C(=O)N(C)c2cnc([NH2+]c3ccc(C(=O)NCCO)cc3)nc21. The maximum absolute atomic E-state index is 13.3. The molecule has 5 N–H and O–H groups in total. The van der Waals surface area contributed by atoms with Crippen LogP contribution in [-0.4, -0.2) is 59.2 Å². The third-order valence-electron chi connectivity index (χ3n) is 7.91. The van der Waals surface area contributed by atoms with Gasteiger partial charge in [-0.3, -0.25) is 14.5 Å². The van der Waals surface area contributed by atoms with Crippen LogP contribution in [0.5, 0.6) is 0 Å². The number of aromatic nitrogens is 2. The van der Waals surface area contributed by atoms with Crippen molar-refractivity contribution in [1.82, 2.24) is 15.3 Å². The average molecular weight is 483 g/mol. The average Bonchev–Trinajstić information content (AvgIpc) is 3.16. The summed E-state index contributed by atoms with van der Waals surface area (Å²) in [7, 11) is 1.82. The number of aliphatic hydroxyl groups excluding tert-OH is 1. The second-order valence-corrected chi connectivity index (χ2v) is 10.8. The molecule has 1 aromatic carbocycles. The van der Waals surface area contributed by atoms with Gasteiger partial charge in [0.2, 0.25) is 5.91 Å². The lowest BCUT2D eigenvalue weighted by Crippen LogP contribution is -3.17. The lowest BCUT2D eigenvalue weighted by molar-refractivity contribution is -0.899. The number of aliphatic hydroxyl groups is 1. The third-order valence-corrected chi connectivity index (χ3v) is 7.91. The van der Waals surface area contributed by atoms with Crippen molar-refractivity contribution < 1.29 is 24.9 Å². The first-order valence-electron chi connectivity index (χ1n) is 12.4. The highest BCUT2D eigenvalue weighted by Crippen LogP contribution is 2.37. The van der Waals surface area contributed by atoms with Crippen LogP contribution in [-0.2, 0) is 4.79 Å². The summed E-state index contributed by atoms with van der Waals surface area (Å²) < 4.78 is 0. The molecule has 1 aliphatic carbocycles. The molecule has 4 rings (SSSR count). The van der Waals surface area contributed by atoms with Gasteiger partial charge in [0.1, 0.15) is 16.9 Å². The minimum absolute atomic E-state index is 0.00726. The molecule has 1 aromatic heterocycles. The Morgan fingerprint density at radius 3 is 2.63 bits per heavy atom. The number of rotatable bonds is 6. The molecule has 3 unspecified atom stereocenters. The van der Waals surface area contributed by atoms with Crippen molar-refractivity contribution in [2.75, 3.05) is 31.6 Å². The molecule has 0 bridgehead atoms. The Hall–Kier alpha value is -2.88. The summed E-state index contributed by atoms with van der Waals surface area (Å²) >= 11 is 0. The van der Waals surface area contributed by atoms with Crippen LogP contribution in [0.4, 0.5) is 23.1 Å². The molecule has 9 heteroatoms. The summed E-state index contributed by atoms with van der Waals surface area (Å²) in [5.74, 6) is 1.84. The first kappa shape index (κ1) is 25.2. The second-order valence-electron chi connectivity index (χ2n) is 10.8. The molecule has 1 fully saturated rings. The molecular weight excluding hydrogens is 444 g/mol. The maximum atomic E-state index is 13.3. The molecule has 9 nitrogen and oxygen atoms in total. The summed E-state index contributed by atoms with van der Waals surface area (Å²) in [4.78, 5) is 38.0. The number of amides is 2. The number of fused-ring (bicyclic) bond motifs is 1. The lowest BCUT2D eigenvalue weighted by atomic mass is 9.84. The Labute approximate surface area is 206 Å². The molecule has 1 aliphatic heterocycles. The molecule has 188 valence electrons. The van der Waals surface area contributed by atoms with Crippen LogP contribution in [0, 0.1) is 11.3 Å². The Kier molecular flexibility index (Phi) is 6.95. The number of hydrogen-bond donors (Lipinski definition) is 4. The summed E-state index contributed by atoms with van der Waals surface area (Å²) in [5, 5.41) is 13.4. The largest absolute Gasteiger partial charge is 0.395 e. The zero-order valence-corrected chi connectivity index (χ0v) is 21.4. The topological polar surface area (TPSA) is 116 Å². The van der Waals surface area contributed by atoms with Gasteiger partial charge in [-0.15, -0.1) is 4.98 Å². The van der Waals surface area contributed by atoms with Crippen molar-refractivity contribution in [2.45, 2.75) is 52.5 Å². The van der Waals surface area contributed by atoms with Crippen molar-refractivity contribution >= 4 is 35.0 Å². The predicted molar refractivity (Wildman–Crippen MR) is 133 cm³/mol. The number of nitrogens with two attached hydrogens (primary N) is 1. The van der Waals surface area contributed by atoms with E-state index in [4.69, 9.17) is 10.1 Å². The minimum atomic E-state index is -0.521. The monoisotopic (exact) mass is 482 g/mol. The molecule has 2 amide bonds. The fraction of sp³-hybridized carbons (Fsp3) is 0.538. The Morgan fingerprint density at radius 2 is 2.00 bits per heavy atom. The molecule has 0 spiro atoms. The number of hydrogen-bond acceptors (Lipinski definition) is 5. The minimum Gasteiger partial charge on any atom is -0.395 e. The summed E-state index contributed by atoms with van der Waals surface area (Å²) in [6.45, 7) is 9.51. The number of anilines is 1. The summed E-state index contributed by atoms with van der Waals surface area (Å²) in [6.07, 6.45) is 5.23. The van der Waals surface area contributed by atoms with E-state index in [0.717, 1.165) is 23.6 Å². The van der Waals surface area contributed by atoms with E-state index in [9.17, 15) is 9.59 Å². The highest BCUT2D eigenvalue weighted by molar-refractivity contribution is 5.98. The van der Waals surface area contributed by atoms with Crippen LogP contribution in [0.3, 0.4) is 0 Å². The van der Waals surface area contributed by atoms with E-state index in [1.165, 1.54) is 17.7 Å². The van der Waals surface area contributed by atoms with E-state index in [0.29, 0.717) is 24.0 Å². The van der Waals surface area contributed by atoms with Crippen molar-refractivity contribution in [3.63, 3.8) is 0 Å². The van der Waals surface area contributed by atoms with Gasteiger partial charge in [-0.2, -0.15) is 4.98 Å². The molecular formula is C26H38N6O3+2. The molecule has 0 radical (unpaired) electrons. The molecule has 2 aromatic rings. The standard InChI is InChI=1S/C26H36N6O3/c1-17-7-6-12-26(17,4)32-16-25(2,3)23(35)31(5)20-15-28-24(30-21(20)32)29-19-10-8-18(9-11-19)22(34)27-13-14-33/h8-11,15,17,33H,6-7,12-14,16H2,1-5H3,(H,27,34)(H,28,29,30)/p+2. The summed E-state index contributed by atoms with van der Waals surface area (Å²) in [6, 6.07) is 7.20. The van der Waals surface area contributed by atoms with Crippen molar-refractivity contribution in [3.8, 4) is 0 Å². The first-order valence-corrected chi connectivity index (χ1v) is 12.4.